The smallest absolute Gasteiger partial charge is 0.258 e. The Kier molecular flexibility index (Phi) is 4.24. The minimum absolute atomic E-state index is 0.0962. The molecule has 0 saturated carbocycles. The van der Waals surface area contributed by atoms with Gasteiger partial charge in [0, 0.05) is 39.2 Å². The number of rotatable bonds is 3. The van der Waals surface area contributed by atoms with Gasteiger partial charge in [-0.1, -0.05) is 0 Å². The Labute approximate surface area is 151 Å². The van der Waals surface area contributed by atoms with Crippen LogP contribution in [0.2, 0.25) is 0 Å². The van der Waals surface area contributed by atoms with Gasteiger partial charge < -0.3 is 9.80 Å². The van der Waals surface area contributed by atoms with Gasteiger partial charge in [-0.2, -0.15) is 5.10 Å². The first-order valence-corrected chi connectivity index (χ1v) is 8.75. The van der Waals surface area contributed by atoms with E-state index in [0.29, 0.717) is 11.2 Å². The van der Waals surface area contributed by atoms with E-state index < -0.39 is 0 Å². The zero-order chi connectivity index (χ0) is 18.1. The SMILES string of the molecule is CN(C)C(=O)c1cnn2c(C3CCCCN3c3ncccn3)ccnc12. The summed E-state index contributed by atoms with van der Waals surface area (Å²) in [5.74, 6) is 0.621. The first-order chi connectivity index (χ1) is 12.7. The number of aromatic nitrogens is 5. The fourth-order valence-corrected chi connectivity index (χ4v) is 3.47. The second kappa shape index (κ2) is 6.70. The Morgan fingerprint density at radius 1 is 1.15 bits per heavy atom. The molecule has 0 aliphatic carbocycles. The highest BCUT2D eigenvalue weighted by Gasteiger charge is 2.29. The fourth-order valence-electron chi connectivity index (χ4n) is 3.47. The molecule has 134 valence electrons. The molecule has 1 saturated heterocycles. The van der Waals surface area contributed by atoms with Crippen LogP contribution in [-0.2, 0) is 0 Å². The van der Waals surface area contributed by atoms with Crippen molar-refractivity contribution < 1.29 is 4.79 Å². The van der Waals surface area contributed by atoms with Crippen LogP contribution in [0.4, 0.5) is 5.95 Å². The fraction of sp³-hybridized carbons (Fsp3) is 0.389. The molecule has 3 aromatic rings. The maximum atomic E-state index is 12.4. The van der Waals surface area contributed by atoms with Crippen molar-refractivity contribution in [2.75, 3.05) is 25.5 Å². The Morgan fingerprint density at radius 3 is 2.73 bits per heavy atom. The van der Waals surface area contributed by atoms with Crippen LogP contribution in [0, 0.1) is 0 Å². The van der Waals surface area contributed by atoms with Crippen LogP contribution in [0.3, 0.4) is 0 Å². The summed E-state index contributed by atoms with van der Waals surface area (Å²) in [6.45, 7) is 0.892. The van der Waals surface area contributed by atoms with Crippen molar-refractivity contribution in [3.8, 4) is 0 Å². The molecule has 0 aromatic carbocycles. The molecule has 1 aliphatic heterocycles. The van der Waals surface area contributed by atoms with Crippen molar-refractivity contribution in [3.63, 3.8) is 0 Å². The summed E-state index contributed by atoms with van der Waals surface area (Å²) in [5.41, 5.74) is 2.09. The normalized spacial score (nSPS) is 17.5. The lowest BCUT2D eigenvalue weighted by Gasteiger charge is -2.35. The molecule has 8 nitrogen and oxygen atoms in total. The highest BCUT2D eigenvalue weighted by Crippen LogP contribution is 2.33. The number of carbonyl (C=O) groups excluding carboxylic acids is 1. The van der Waals surface area contributed by atoms with E-state index in [0.717, 1.165) is 37.4 Å². The minimum Gasteiger partial charge on any atom is -0.345 e. The highest BCUT2D eigenvalue weighted by atomic mass is 16.2. The van der Waals surface area contributed by atoms with Crippen LogP contribution in [0.25, 0.3) is 5.65 Å². The van der Waals surface area contributed by atoms with Crippen LogP contribution in [0.5, 0.6) is 0 Å². The average Bonchev–Trinajstić information content (AvgIpc) is 3.12. The molecule has 0 bridgehead atoms. The standard InChI is InChI=1S/C18H21N7O/c1-23(2)17(26)13-12-22-25-15(7-10-19-16(13)25)14-6-3-4-11-24(14)18-20-8-5-9-21-18/h5,7-10,12,14H,3-4,6,11H2,1-2H3. The van der Waals surface area contributed by atoms with Crippen molar-refractivity contribution in [2.24, 2.45) is 0 Å². The summed E-state index contributed by atoms with van der Waals surface area (Å²) in [6.07, 6.45) is 10.1. The predicted octanol–water partition coefficient (Wildman–Crippen LogP) is 1.95. The zero-order valence-corrected chi connectivity index (χ0v) is 14.9. The third-order valence-corrected chi connectivity index (χ3v) is 4.72. The summed E-state index contributed by atoms with van der Waals surface area (Å²) in [5, 5.41) is 4.46. The van der Waals surface area contributed by atoms with Gasteiger partial charge in [0.05, 0.1) is 17.9 Å². The van der Waals surface area contributed by atoms with Crippen molar-refractivity contribution in [1.29, 1.82) is 0 Å². The first-order valence-electron chi connectivity index (χ1n) is 8.75. The molecule has 0 radical (unpaired) electrons. The van der Waals surface area contributed by atoms with Gasteiger partial charge in [0.2, 0.25) is 5.95 Å². The molecular formula is C18H21N7O. The van der Waals surface area contributed by atoms with Gasteiger partial charge in [0.15, 0.2) is 5.65 Å². The minimum atomic E-state index is -0.100. The van der Waals surface area contributed by atoms with Gasteiger partial charge in [-0.25, -0.2) is 19.5 Å². The molecule has 4 rings (SSSR count). The van der Waals surface area contributed by atoms with E-state index in [-0.39, 0.29) is 11.9 Å². The lowest BCUT2D eigenvalue weighted by molar-refractivity contribution is 0.0829. The summed E-state index contributed by atoms with van der Waals surface area (Å²) >= 11 is 0. The summed E-state index contributed by atoms with van der Waals surface area (Å²) in [4.78, 5) is 29.4. The van der Waals surface area contributed by atoms with Gasteiger partial charge in [-0.05, 0) is 31.4 Å². The van der Waals surface area contributed by atoms with E-state index in [9.17, 15) is 4.79 Å². The lowest BCUT2D eigenvalue weighted by atomic mass is 9.99. The summed E-state index contributed by atoms with van der Waals surface area (Å²) in [6, 6.07) is 3.88. The molecule has 0 spiro atoms. The number of nitrogens with zero attached hydrogens (tertiary/aromatic N) is 7. The van der Waals surface area contributed by atoms with Crippen LogP contribution in [0.1, 0.15) is 41.4 Å². The van der Waals surface area contributed by atoms with Gasteiger partial charge in [-0.15, -0.1) is 0 Å². The molecule has 0 N–H and O–H groups in total. The largest absolute Gasteiger partial charge is 0.345 e. The molecule has 1 aliphatic rings. The molecular weight excluding hydrogens is 330 g/mol. The first kappa shape index (κ1) is 16.4. The van der Waals surface area contributed by atoms with Crippen molar-refractivity contribution in [1.82, 2.24) is 29.5 Å². The van der Waals surface area contributed by atoms with Gasteiger partial charge in [0.1, 0.15) is 5.56 Å². The number of piperidine rings is 1. The number of amides is 1. The van der Waals surface area contributed by atoms with Crippen molar-refractivity contribution in [2.45, 2.75) is 25.3 Å². The summed E-state index contributed by atoms with van der Waals surface area (Å²) < 4.78 is 1.78. The third kappa shape index (κ3) is 2.77. The summed E-state index contributed by atoms with van der Waals surface area (Å²) in [7, 11) is 3.45. The van der Waals surface area contributed by atoms with E-state index in [1.165, 1.54) is 4.90 Å². The second-order valence-corrected chi connectivity index (χ2v) is 6.62. The Hall–Kier alpha value is -3.03. The quantitative estimate of drug-likeness (QED) is 0.718. The van der Waals surface area contributed by atoms with E-state index in [2.05, 4.69) is 25.0 Å². The lowest BCUT2D eigenvalue weighted by Crippen LogP contribution is -2.35. The van der Waals surface area contributed by atoms with Crippen LogP contribution in [-0.4, -0.2) is 56.0 Å². The number of carbonyl (C=O) groups is 1. The zero-order valence-electron chi connectivity index (χ0n) is 14.9. The molecule has 26 heavy (non-hydrogen) atoms. The maximum absolute atomic E-state index is 12.4. The number of hydrogen-bond donors (Lipinski definition) is 0. The van der Waals surface area contributed by atoms with E-state index in [1.807, 2.05) is 12.1 Å². The highest BCUT2D eigenvalue weighted by molar-refractivity contribution is 5.99. The molecule has 1 fully saturated rings. The molecule has 1 atom stereocenters. The Balaban J connectivity index is 1.79. The molecule has 1 unspecified atom stereocenters. The average molecular weight is 351 g/mol. The van der Waals surface area contributed by atoms with Crippen LogP contribution >= 0.6 is 0 Å². The number of fused-ring (bicyclic) bond motifs is 1. The third-order valence-electron chi connectivity index (χ3n) is 4.72. The maximum Gasteiger partial charge on any atom is 0.258 e. The Bertz CT molecular complexity index is 922. The number of hydrogen-bond acceptors (Lipinski definition) is 6. The van der Waals surface area contributed by atoms with Gasteiger partial charge in [-0.3, -0.25) is 4.79 Å². The second-order valence-electron chi connectivity index (χ2n) is 6.62. The predicted molar refractivity (Wildman–Crippen MR) is 97.0 cm³/mol. The van der Waals surface area contributed by atoms with Gasteiger partial charge >= 0.3 is 0 Å². The molecule has 8 heteroatoms. The molecule has 4 heterocycles. The number of anilines is 1. The van der Waals surface area contributed by atoms with E-state index in [4.69, 9.17) is 0 Å². The molecule has 3 aromatic heterocycles. The van der Waals surface area contributed by atoms with E-state index >= 15 is 0 Å². The van der Waals surface area contributed by atoms with Crippen LogP contribution in [0.15, 0.2) is 36.9 Å². The van der Waals surface area contributed by atoms with Crippen molar-refractivity contribution >= 4 is 17.5 Å². The Morgan fingerprint density at radius 2 is 1.96 bits per heavy atom. The van der Waals surface area contributed by atoms with Crippen molar-refractivity contribution in [3.05, 3.63) is 48.2 Å². The monoisotopic (exact) mass is 351 g/mol. The van der Waals surface area contributed by atoms with Gasteiger partial charge in [0.25, 0.3) is 5.91 Å². The molecule has 1 amide bonds. The van der Waals surface area contributed by atoms with Crippen LogP contribution < -0.4 is 4.90 Å². The van der Waals surface area contributed by atoms with E-state index in [1.54, 1.807) is 43.4 Å². The topological polar surface area (TPSA) is 79.5 Å².